The maximum atomic E-state index is 13.2. The molecule has 2 amide bonds. The number of nitrogens with two attached hydrogens (primary N) is 1. The van der Waals surface area contributed by atoms with Crippen LogP contribution in [0, 0.1) is 17.8 Å². The summed E-state index contributed by atoms with van der Waals surface area (Å²) in [7, 11) is 0. The Balaban J connectivity index is 1.29. The molecule has 2 saturated carbocycles. The van der Waals surface area contributed by atoms with E-state index in [0.717, 1.165) is 51.6 Å². The van der Waals surface area contributed by atoms with Gasteiger partial charge in [-0.25, -0.2) is 0 Å². The van der Waals surface area contributed by atoms with Crippen molar-refractivity contribution in [3.63, 3.8) is 0 Å². The summed E-state index contributed by atoms with van der Waals surface area (Å²) in [6.07, 6.45) is 8.06. The maximum absolute atomic E-state index is 13.2. The van der Waals surface area contributed by atoms with E-state index < -0.39 is 0 Å². The first-order valence-corrected chi connectivity index (χ1v) is 11.5. The Hall–Kier alpha value is -1.88. The van der Waals surface area contributed by atoms with E-state index in [4.69, 9.17) is 5.73 Å². The van der Waals surface area contributed by atoms with Crippen LogP contribution in [0.15, 0.2) is 30.3 Å². The van der Waals surface area contributed by atoms with E-state index in [1.807, 2.05) is 6.07 Å². The minimum atomic E-state index is 0.0996. The highest BCUT2D eigenvalue weighted by molar-refractivity contribution is 5.80. The van der Waals surface area contributed by atoms with Crippen molar-refractivity contribution in [2.24, 2.45) is 23.5 Å². The zero-order valence-electron chi connectivity index (χ0n) is 17.4. The quantitative estimate of drug-likeness (QED) is 0.802. The highest BCUT2D eigenvalue weighted by Gasteiger charge is 2.38. The molecule has 1 aliphatic heterocycles. The van der Waals surface area contributed by atoms with Crippen molar-refractivity contribution < 1.29 is 9.59 Å². The van der Waals surface area contributed by atoms with Crippen molar-refractivity contribution in [2.45, 2.75) is 63.3 Å². The van der Waals surface area contributed by atoms with Gasteiger partial charge in [0, 0.05) is 36.9 Å². The second kappa shape index (κ2) is 9.29. The van der Waals surface area contributed by atoms with Gasteiger partial charge in [-0.3, -0.25) is 9.59 Å². The number of carbonyl (C=O) groups is 2. The van der Waals surface area contributed by atoms with Crippen molar-refractivity contribution in [2.75, 3.05) is 19.6 Å². The standard InChI is InChI=1S/C24H35N3O2/c25-14-20-15-27(16-22(20)17-6-2-1-3-7-17)24(29)19-10-12-21(13-11-19)26-23(28)18-8-4-5-9-18/h1-3,6-7,18-22H,4-5,8-16,25H2,(H,26,28)/t19?,20-,21?,22+/m1/s1. The normalized spacial score (nSPS) is 30.4. The third-order valence-corrected chi connectivity index (χ3v) is 7.43. The highest BCUT2D eigenvalue weighted by Crippen LogP contribution is 2.35. The molecular formula is C24H35N3O2. The van der Waals surface area contributed by atoms with Crippen LogP contribution in [-0.2, 0) is 9.59 Å². The molecule has 0 radical (unpaired) electrons. The molecule has 0 bridgehead atoms. The fourth-order valence-electron chi connectivity index (χ4n) is 5.62. The lowest BCUT2D eigenvalue weighted by atomic mass is 9.85. The van der Waals surface area contributed by atoms with Crippen LogP contribution in [0.3, 0.4) is 0 Å². The number of hydrogen-bond acceptors (Lipinski definition) is 3. The predicted molar refractivity (Wildman–Crippen MR) is 114 cm³/mol. The predicted octanol–water partition coefficient (Wildman–Crippen LogP) is 3.05. The van der Waals surface area contributed by atoms with Crippen LogP contribution in [0.25, 0.3) is 0 Å². The lowest BCUT2D eigenvalue weighted by Gasteiger charge is -2.31. The molecule has 1 aromatic rings. The van der Waals surface area contributed by atoms with E-state index in [9.17, 15) is 9.59 Å². The average Bonchev–Trinajstić information content (AvgIpc) is 3.44. The van der Waals surface area contributed by atoms with Gasteiger partial charge in [-0.1, -0.05) is 43.2 Å². The maximum Gasteiger partial charge on any atom is 0.225 e. The second-order valence-electron chi connectivity index (χ2n) is 9.29. The number of benzene rings is 1. The zero-order chi connectivity index (χ0) is 20.2. The first-order chi connectivity index (χ1) is 14.2. The van der Waals surface area contributed by atoms with Crippen LogP contribution in [0.1, 0.15) is 62.8 Å². The number of amides is 2. The fourth-order valence-corrected chi connectivity index (χ4v) is 5.62. The molecule has 29 heavy (non-hydrogen) atoms. The monoisotopic (exact) mass is 397 g/mol. The molecular weight excluding hydrogens is 362 g/mol. The Morgan fingerprint density at radius 2 is 1.62 bits per heavy atom. The van der Waals surface area contributed by atoms with Gasteiger partial charge in [-0.15, -0.1) is 0 Å². The molecule has 4 rings (SSSR count). The SMILES string of the molecule is NC[C@@H]1CN(C(=O)C2CCC(NC(=O)C3CCCC3)CC2)C[C@H]1c1ccccc1. The van der Waals surface area contributed by atoms with Crippen molar-refractivity contribution in [3.8, 4) is 0 Å². The van der Waals surface area contributed by atoms with E-state index in [1.54, 1.807) is 0 Å². The molecule has 2 atom stereocenters. The number of carbonyl (C=O) groups excluding carboxylic acids is 2. The van der Waals surface area contributed by atoms with Gasteiger partial charge in [0.15, 0.2) is 0 Å². The summed E-state index contributed by atoms with van der Waals surface area (Å²) >= 11 is 0. The molecule has 0 aromatic heterocycles. The van der Waals surface area contributed by atoms with Gasteiger partial charge in [0.2, 0.25) is 11.8 Å². The van der Waals surface area contributed by atoms with Crippen molar-refractivity contribution in [1.82, 2.24) is 10.2 Å². The van der Waals surface area contributed by atoms with Crippen LogP contribution >= 0.6 is 0 Å². The molecule has 5 nitrogen and oxygen atoms in total. The zero-order valence-corrected chi connectivity index (χ0v) is 17.4. The molecule has 3 fully saturated rings. The summed E-state index contributed by atoms with van der Waals surface area (Å²) in [5, 5.41) is 3.25. The molecule has 0 unspecified atom stereocenters. The van der Waals surface area contributed by atoms with Crippen LogP contribution in [-0.4, -0.2) is 42.4 Å². The summed E-state index contributed by atoms with van der Waals surface area (Å²) in [6, 6.07) is 10.7. The molecule has 1 saturated heterocycles. The number of rotatable bonds is 5. The van der Waals surface area contributed by atoms with Crippen molar-refractivity contribution >= 4 is 11.8 Å². The number of nitrogens with zero attached hydrogens (tertiary/aromatic N) is 1. The summed E-state index contributed by atoms with van der Waals surface area (Å²) < 4.78 is 0. The van der Waals surface area contributed by atoms with E-state index in [1.165, 1.54) is 18.4 Å². The fraction of sp³-hybridized carbons (Fsp3) is 0.667. The van der Waals surface area contributed by atoms with Gasteiger partial charge in [0.05, 0.1) is 0 Å². The molecule has 5 heteroatoms. The van der Waals surface area contributed by atoms with Gasteiger partial charge < -0.3 is 16.0 Å². The van der Waals surface area contributed by atoms with Gasteiger partial charge in [-0.2, -0.15) is 0 Å². The van der Waals surface area contributed by atoms with Crippen LogP contribution in [0.2, 0.25) is 0 Å². The Labute approximate surface area is 174 Å². The molecule has 3 N–H and O–H groups in total. The number of nitrogens with one attached hydrogen (secondary N) is 1. The Morgan fingerprint density at radius 1 is 0.931 bits per heavy atom. The molecule has 1 aromatic carbocycles. The summed E-state index contributed by atoms with van der Waals surface area (Å²) in [6.45, 7) is 2.17. The Kier molecular flexibility index (Phi) is 6.53. The van der Waals surface area contributed by atoms with Crippen LogP contribution in [0.5, 0.6) is 0 Å². The summed E-state index contributed by atoms with van der Waals surface area (Å²) in [4.78, 5) is 27.6. The second-order valence-corrected chi connectivity index (χ2v) is 9.29. The third kappa shape index (κ3) is 4.66. The minimum absolute atomic E-state index is 0.0996. The third-order valence-electron chi connectivity index (χ3n) is 7.43. The van der Waals surface area contributed by atoms with Crippen LogP contribution < -0.4 is 11.1 Å². The number of likely N-dealkylation sites (tertiary alicyclic amines) is 1. The first-order valence-electron chi connectivity index (χ1n) is 11.5. The molecule has 1 heterocycles. The van der Waals surface area contributed by atoms with Crippen molar-refractivity contribution in [3.05, 3.63) is 35.9 Å². The topological polar surface area (TPSA) is 75.4 Å². The smallest absolute Gasteiger partial charge is 0.225 e. The lowest BCUT2D eigenvalue weighted by molar-refractivity contribution is -0.135. The van der Waals surface area contributed by atoms with Crippen LogP contribution in [0.4, 0.5) is 0 Å². The molecule has 3 aliphatic rings. The molecule has 2 aliphatic carbocycles. The van der Waals surface area contributed by atoms with Crippen molar-refractivity contribution in [1.29, 1.82) is 0 Å². The largest absolute Gasteiger partial charge is 0.353 e. The van der Waals surface area contributed by atoms with Gasteiger partial charge in [0.25, 0.3) is 0 Å². The molecule has 0 spiro atoms. The lowest BCUT2D eigenvalue weighted by Crippen LogP contribution is -2.43. The Morgan fingerprint density at radius 3 is 2.28 bits per heavy atom. The Bertz CT molecular complexity index is 693. The number of hydrogen-bond donors (Lipinski definition) is 2. The van der Waals surface area contributed by atoms with Gasteiger partial charge in [0.1, 0.15) is 0 Å². The highest BCUT2D eigenvalue weighted by atomic mass is 16.2. The first kappa shape index (κ1) is 20.4. The van der Waals surface area contributed by atoms with E-state index in [-0.39, 0.29) is 23.8 Å². The van der Waals surface area contributed by atoms with E-state index in [2.05, 4.69) is 34.5 Å². The van der Waals surface area contributed by atoms with E-state index in [0.29, 0.717) is 24.3 Å². The van der Waals surface area contributed by atoms with Gasteiger partial charge in [-0.05, 0) is 56.6 Å². The van der Waals surface area contributed by atoms with E-state index >= 15 is 0 Å². The average molecular weight is 398 g/mol. The summed E-state index contributed by atoms with van der Waals surface area (Å²) in [5.74, 6) is 1.54. The van der Waals surface area contributed by atoms with Gasteiger partial charge >= 0.3 is 0 Å². The minimum Gasteiger partial charge on any atom is -0.353 e. The molecule has 158 valence electrons. The summed E-state index contributed by atoms with van der Waals surface area (Å²) in [5.41, 5.74) is 7.33.